The van der Waals surface area contributed by atoms with Crippen LogP contribution in [0.15, 0.2) is 72.8 Å². The van der Waals surface area contributed by atoms with Crippen molar-refractivity contribution in [2.24, 2.45) is 0 Å². The Morgan fingerprint density at radius 2 is 1.52 bits per heavy atom. The largest absolute Gasteiger partial charge is 0.416 e. The summed E-state index contributed by atoms with van der Waals surface area (Å²) in [6.45, 7) is 4.35. The first-order valence-corrected chi connectivity index (χ1v) is 10.8. The van der Waals surface area contributed by atoms with E-state index in [-0.39, 0.29) is 5.91 Å². The van der Waals surface area contributed by atoms with Gasteiger partial charge in [0.05, 0.1) is 18.8 Å². The van der Waals surface area contributed by atoms with E-state index in [1.54, 1.807) is 24.3 Å². The molecule has 0 spiro atoms. The molecule has 1 amide bonds. The molecule has 0 unspecified atom stereocenters. The smallest absolute Gasteiger partial charge is 0.379 e. The van der Waals surface area contributed by atoms with Crippen molar-refractivity contribution in [2.75, 3.05) is 26.3 Å². The molecule has 7 heteroatoms. The summed E-state index contributed by atoms with van der Waals surface area (Å²) >= 11 is 0. The fourth-order valence-electron chi connectivity index (χ4n) is 3.93. The Kier molecular flexibility index (Phi) is 7.11. The third kappa shape index (κ3) is 5.80. The van der Waals surface area contributed by atoms with Crippen LogP contribution in [0.25, 0.3) is 11.1 Å². The molecular formula is C26H25F3N2O2. The molecule has 0 aromatic heterocycles. The summed E-state index contributed by atoms with van der Waals surface area (Å²) in [5.41, 5.74) is 3.03. The Morgan fingerprint density at radius 1 is 0.879 bits per heavy atom. The third-order valence-corrected chi connectivity index (χ3v) is 5.75. The maximum absolute atomic E-state index is 13.0. The number of halogens is 3. The fraction of sp³-hybridized carbons (Fsp3) is 0.269. The van der Waals surface area contributed by atoms with Crippen LogP contribution in [0.1, 0.15) is 27.0 Å². The number of benzene rings is 3. The number of morpholine rings is 1. The van der Waals surface area contributed by atoms with E-state index < -0.39 is 11.7 Å². The topological polar surface area (TPSA) is 41.6 Å². The summed E-state index contributed by atoms with van der Waals surface area (Å²) in [5.74, 6) is -0.272. The van der Waals surface area contributed by atoms with E-state index in [0.29, 0.717) is 23.2 Å². The molecule has 172 valence electrons. The van der Waals surface area contributed by atoms with Crippen molar-refractivity contribution in [3.63, 3.8) is 0 Å². The lowest BCUT2D eigenvalue weighted by atomic mass is 9.98. The molecular weight excluding hydrogens is 429 g/mol. The van der Waals surface area contributed by atoms with Crippen LogP contribution in [0.5, 0.6) is 0 Å². The molecule has 0 bridgehead atoms. The molecule has 3 aromatic rings. The standard InChI is InChI=1S/C26H25F3N2O2/c27-26(28,29)22-11-9-19(10-12-22)23-7-3-4-8-24(23)25(32)30-17-20-5-1-2-6-21(20)18-31-13-15-33-16-14-31/h1-12H,13-18H2,(H,30,32). The predicted octanol–water partition coefficient (Wildman–Crippen LogP) is 5.13. The van der Waals surface area contributed by atoms with E-state index in [0.717, 1.165) is 56.1 Å². The first-order chi connectivity index (χ1) is 15.9. The number of amides is 1. The zero-order valence-corrected chi connectivity index (χ0v) is 18.1. The zero-order chi connectivity index (χ0) is 23.3. The van der Waals surface area contributed by atoms with E-state index >= 15 is 0 Å². The third-order valence-electron chi connectivity index (χ3n) is 5.75. The first kappa shape index (κ1) is 23.0. The van der Waals surface area contributed by atoms with Gasteiger partial charge in [0.15, 0.2) is 0 Å². The van der Waals surface area contributed by atoms with Gasteiger partial charge < -0.3 is 10.1 Å². The maximum Gasteiger partial charge on any atom is 0.416 e. The Bertz CT molecular complexity index is 1090. The molecule has 33 heavy (non-hydrogen) atoms. The first-order valence-electron chi connectivity index (χ1n) is 10.8. The lowest BCUT2D eigenvalue weighted by Crippen LogP contribution is -2.36. The number of rotatable bonds is 6. The molecule has 4 rings (SSSR count). The van der Waals surface area contributed by atoms with Gasteiger partial charge in [-0.3, -0.25) is 9.69 Å². The highest BCUT2D eigenvalue weighted by molar-refractivity contribution is 6.00. The van der Waals surface area contributed by atoms with Gasteiger partial charge in [-0.25, -0.2) is 0 Å². The van der Waals surface area contributed by atoms with Crippen LogP contribution in [0.4, 0.5) is 13.2 Å². The average molecular weight is 454 g/mol. The summed E-state index contributed by atoms with van der Waals surface area (Å²) in [4.78, 5) is 15.3. The summed E-state index contributed by atoms with van der Waals surface area (Å²) in [7, 11) is 0. The van der Waals surface area contributed by atoms with Crippen LogP contribution in [-0.2, 0) is 24.0 Å². The van der Waals surface area contributed by atoms with Crippen molar-refractivity contribution >= 4 is 5.91 Å². The summed E-state index contributed by atoms with van der Waals surface area (Å²) in [5, 5.41) is 2.98. The minimum absolute atomic E-state index is 0.272. The second-order valence-electron chi connectivity index (χ2n) is 7.96. The number of carbonyl (C=O) groups is 1. The summed E-state index contributed by atoms with van der Waals surface area (Å²) < 4.78 is 44.1. The van der Waals surface area contributed by atoms with Gasteiger partial charge in [-0.2, -0.15) is 13.2 Å². The van der Waals surface area contributed by atoms with Gasteiger partial charge in [-0.05, 0) is 40.5 Å². The van der Waals surface area contributed by atoms with E-state index in [9.17, 15) is 18.0 Å². The Morgan fingerprint density at radius 3 is 2.21 bits per heavy atom. The van der Waals surface area contributed by atoms with Crippen LogP contribution in [0.2, 0.25) is 0 Å². The molecule has 1 fully saturated rings. The number of nitrogens with one attached hydrogen (secondary N) is 1. The molecule has 0 saturated carbocycles. The van der Waals surface area contributed by atoms with Crippen molar-refractivity contribution in [1.29, 1.82) is 0 Å². The van der Waals surface area contributed by atoms with Crippen molar-refractivity contribution in [3.8, 4) is 11.1 Å². The van der Waals surface area contributed by atoms with Crippen LogP contribution >= 0.6 is 0 Å². The lowest BCUT2D eigenvalue weighted by molar-refractivity contribution is -0.137. The number of hydrogen-bond donors (Lipinski definition) is 1. The summed E-state index contributed by atoms with van der Waals surface area (Å²) in [6.07, 6.45) is -4.40. The quantitative estimate of drug-likeness (QED) is 0.561. The monoisotopic (exact) mass is 454 g/mol. The average Bonchev–Trinajstić information content (AvgIpc) is 2.83. The van der Waals surface area contributed by atoms with Crippen molar-refractivity contribution in [1.82, 2.24) is 10.2 Å². The van der Waals surface area contributed by atoms with Crippen LogP contribution in [0, 0.1) is 0 Å². The van der Waals surface area contributed by atoms with Gasteiger partial charge in [-0.1, -0.05) is 54.6 Å². The van der Waals surface area contributed by atoms with Crippen molar-refractivity contribution < 1.29 is 22.7 Å². The number of carbonyl (C=O) groups excluding carboxylic acids is 1. The predicted molar refractivity (Wildman–Crippen MR) is 121 cm³/mol. The van der Waals surface area contributed by atoms with Crippen LogP contribution in [-0.4, -0.2) is 37.1 Å². The van der Waals surface area contributed by atoms with Gasteiger partial charge in [0.25, 0.3) is 5.91 Å². The van der Waals surface area contributed by atoms with Gasteiger partial charge in [0, 0.05) is 31.7 Å². The minimum Gasteiger partial charge on any atom is -0.379 e. The Hall–Kier alpha value is -3.16. The van der Waals surface area contributed by atoms with Crippen molar-refractivity contribution in [3.05, 3.63) is 95.1 Å². The molecule has 1 N–H and O–H groups in total. The number of ether oxygens (including phenoxy) is 1. The van der Waals surface area contributed by atoms with Crippen LogP contribution < -0.4 is 5.32 Å². The Balaban J connectivity index is 1.48. The number of alkyl halides is 3. The van der Waals surface area contributed by atoms with E-state index in [1.807, 2.05) is 18.2 Å². The normalized spacial score (nSPS) is 14.8. The zero-order valence-electron chi connectivity index (χ0n) is 18.1. The molecule has 0 atom stereocenters. The molecule has 4 nitrogen and oxygen atoms in total. The maximum atomic E-state index is 13.0. The number of nitrogens with zero attached hydrogens (tertiary/aromatic N) is 1. The highest BCUT2D eigenvalue weighted by atomic mass is 19.4. The van der Waals surface area contributed by atoms with Crippen LogP contribution in [0.3, 0.4) is 0 Å². The second kappa shape index (κ2) is 10.2. The molecule has 1 heterocycles. The molecule has 1 saturated heterocycles. The highest BCUT2D eigenvalue weighted by Crippen LogP contribution is 2.32. The molecule has 0 radical (unpaired) electrons. The number of hydrogen-bond acceptors (Lipinski definition) is 3. The van der Waals surface area contributed by atoms with Crippen molar-refractivity contribution in [2.45, 2.75) is 19.3 Å². The van der Waals surface area contributed by atoms with E-state index in [4.69, 9.17) is 4.74 Å². The SMILES string of the molecule is O=C(NCc1ccccc1CN1CCOCC1)c1ccccc1-c1ccc(C(F)(F)F)cc1. The minimum atomic E-state index is -4.40. The molecule has 1 aliphatic rings. The fourth-order valence-corrected chi connectivity index (χ4v) is 3.93. The molecule has 0 aliphatic carbocycles. The Labute approximate surface area is 191 Å². The highest BCUT2D eigenvalue weighted by Gasteiger charge is 2.30. The molecule has 3 aromatic carbocycles. The van der Waals surface area contributed by atoms with Gasteiger partial charge in [0.2, 0.25) is 0 Å². The van der Waals surface area contributed by atoms with E-state index in [1.165, 1.54) is 12.1 Å². The molecule has 1 aliphatic heterocycles. The lowest BCUT2D eigenvalue weighted by Gasteiger charge is -2.27. The van der Waals surface area contributed by atoms with Gasteiger partial charge in [0.1, 0.15) is 0 Å². The van der Waals surface area contributed by atoms with Gasteiger partial charge in [-0.15, -0.1) is 0 Å². The summed E-state index contributed by atoms with van der Waals surface area (Å²) in [6, 6.07) is 19.8. The van der Waals surface area contributed by atoms with Gasteiger partial charge >= 0.3 is 6.18 Å². The van der Waals surface area contributed by atoms with E-state index in [2.05, 4.69) is 16.3 Å². The second-order valence-corrected chi connectivity index (χ2v) is 7.96.